The maximum absolute atomic E-state index is 5.18. The van der Waals surface area contributed by atoms with Crippen molar-refractivity contribution in [3.8, 4) is 0 Å². The molecule has 90 valence electrons. The average molecular weight is 286 g/mol. The fourth-order valence-electron chi connectivity index (χ4n) is 1.70. The van der Waals surface area contributed by atoms with Gasteiger partial charge in [0.1, 0.15) is 0 Å². The van der Waals surface area contributed by atoms with Crippen molar-refractivity contribution in [3.05, 3.63) is 33.8 Å². The topological polar surface area (TPSA) is 12.5 Å². The molecule has 0 saturated heterocycles. The minimum Gasteiger partial charge on any atom is -0.380 e. The Hall–Kier alpha value is -0.380. The molecule has 0 bridgehead atoms. The number of hydrogen-bond acceptors (Lipinski definition) is 2. The van der Waals surface area contributed by atoms with Crippen LogP contribution < -0.4 is 0 Å². The zero-order chi connectivity index (χ0) is 12.0. The van der Waals surface area contributed by atoms with Crippen LogP contribution in [-0.4, -0.2) is 25.1 Å². The number of halogens is 1. The molecule has 0 heterocycles. The summed E-state index contributed by atoms with van der Waals surface area (Å²) >= 11 is 3.54. The van der Waals surface area contributed by atoms with E-state index in [1.54, 1.807) is 7.11 Å². The second-order valence-electron chi connectivity index (χ2n) is 3.82. The summed E-state index contributed by atoms with van der Waals surface area (Å²) in [6.45, 7) is 8.23. The molecule has 0 atom stereocenters. The van der Waals surface area contributed by atoms with Gasteiger partial charge in [-0.3, -0.25) is 4.90 Å². The van der Waals surface area contributed by atoms with E-state index in [0.717, 1.165) is 24.1 Å². The van der Waals surface area contributed by atoms with Crippen LogP contribution in [-0.2, 0) is 17.9 Å². The van der Waals surface area contributed by atoms with Crippen LogP contribution in [0, 0.1) is 0 Å². The van der Waals surface area contributed by atoms with E-state index < -0.39 is 0 Å². The Morgan fingerprint density at radius 3 is 2.50 bits per heavy atom. The van der Waals surface area contributed by atoms with Crippen molar-refractivity contribution in [2.75, 3.05) is 20.2 Å². The van der Waals surface area contributed by atoms with Gasteiger partial charge in [-0.2, -0.15) is 0 Å². The maximum atomic E-state index is 5.18. The molecule has 0 saturated carbocycles. The number of rotatable bonds is 6. The summed E-state index contributed by atoms with van der Waals surface area (Å²) in [5.41, 5.74) is 2.56. The van der Waals surface area contributed by atoms with Crippen LogP contribution in [0.4, 0.5) is 0 Å². The molecule has 0 N–H and O–H groups in total. The van der Waals surface area contributed by atoms with Crippen LogP contribution in [0.5, 0.6) is 0 Å². The molecule has 0 aliphatic rings. The van der Waals surface area contributed by atoms with E-state index in [9.17, 15) is 0 Å². The molecule has 0 aliphatic heterocycles. The number of nitrogens with zero attached hydrogens (tertiary/aromatic N) is 1. The van der Waals surface area contributed by atoms with Gasteiger partial charge in [-0.1, -0.05) is 41.9 Å². The number of hydrogen-bond donors (Lipinski definition) is 0. The second kappa shape index (κ2) is 7.05. The molecule has 0 fully saturated rings. The Bertz CT molecular complexity index is 324. The molecule has 1 aromatic carbocycles. The van der Waals surface area contributed by atoms with Crippen molar-refractivity contribution in [1.29, 1.82) is 0 Å². The van der Waals surface area contributed by atoms with Crippen molar-refractivity contribution in [3.63, 3.8) is 0 Å². The molecular weight excluding hydrogens is 266 g/mol. The van der Waals surface area contributed by atoms with Gasteiger partial charge in [0, 0.05) is 18.1 Å². The van der Waals surface area contributed by atoms with Crippen LogP contribution >= 0.6 is 15.9 Å². The first kappa shape index (κ1) is 13.7. The molecule has 0 spiro atoms. The van der Waals surface area contributed by atoms with Gasteiger partial charge in [-0.15, -0.1) is 0 Å². The Morgan fingerprint density at radius 1 is 1.25 bits per heavy atom. The van der Waals surface area contributed by atoms with Gasteiger partial charge in [0.15, 0.2) is 0 Å². The molecule has 0 amide bonds. The Balaban J connectivity index is 2.77. The summed E-state index contributed by atoms with van der Waals surface area (Å²) in [5.74, 6) is 0. The standard InChI is InChI=1S/C13H20BrNO/c1-4-15(5-2)9-11-6-7-13(14)12(8-11)10-16-3/h6-8H,4-5,9-10H2,1-3H3. The number of benzene rings is 1. The molecule has 16 heavy (non-hydrogen) atoms. The van der Waals surface area contributed by atoms with Gasteiger partial charge in [-0.25, -0.2) is 0 Å². The third kappa shape index (κ3) is 3.89. The zero-order valence-electron chi connectivity index (χ0n) is 10.3. The first-order valence-electron chi connectivity index (χ1n) is 5.69. The minimum absolute atomic E-state index is 0.659. The monoisotopic (exact) mass is 285 g/mol. The highest BCUT2D eigenvalue weighted by Gasteiger charge is 2.04. The lowest BCUT2D eigenvalue weighted by Gasteiger charge is -2.18. The predicted molar refractivity (Wildman–Crippen MR) is 71.5 cm³/mol. The molecule has 1 rings (SSSR count). The average Bonchev–Trinajstić information content (AvgIpc) is 2.30. The molecule has 0 aromatic heterocycles. The lowest BCUT2D eigenvalue weighted by molar-refractivity contribution is 0.184. The second-order valence-corrected chi connectivity index (χ2v) is 4.67. The van der Waals surface area contributed by atoms with Gasteiger partial charge >= 0.3 is 0 Å². The molecule has 1 aromatic rings. The number of ether oxygens (including phenoxy) is 1. The highest BCUT2D eigenvalue weighted by molar-refractivity contribution is 9.10. The highest BCUT2D eigenvalue weighted by atomic mass is 79.9. The SMILES string of the molecule is CCN(CC)Cc1ccc(Br)c(COC)c1. The number of methoxy groups -OCH3 is 1. The Morgan fingerprint density at radius 2 is 1.94 bits per heavy atom. The highest BCUT2D eigenvalue weighted by Crippen LogP contribution is 2.20. The van der Waals surface area contributed by atoms with E-state index in [1.165, 1.54) is 11.1 Å². The Kier molecular flexibility index (Phi) is 6.03. The third-order valence-corrected chi connectivity index (χ3v) is 3.48. The summed E-state index contributed by atoms with van der Waals surface area (Å²) in [7, 11) is 1.73. The van der Waals surface area contributed by atoms with E-state index in [2.05, 4.69) is 52.9 Å². The first-order chi connectivity index (χ1) is 7.71. The van der Waals surface area contributed by atoms with Gasteiger partial charge in [0.25, 0.3) is 0 Å². The van der Waals surface area contributed by atoms with Crippen LogP contribution in [0.1, 0.15) is 25.0 Å². The normalized spacial score (nSPS) is 11.1. The molecule has 0 unspecified atom stereocenters. The maximum Gasteiger partial charge on any atom is 0.0724 e. The van der Waals surface area contributed by atoms with Crippen LogP contribution in [0.2, 0.25) is 0 Å². The van der Waals surface area contributed by atoms with Crippen molar-refractivity contribution in [2.45, 2.75) is 27.0 Å². The molecule has 0 aliphatic carbocycles. The largest absolute Gasteiger partial charge is 0.380 e. The summed E-state index contributed by atoms with van der Waals surface area (Å²) < 4.78 is 6.30. The van der Waals surface area contributed by atoms with Gasteiger partial charge in [-0.05, 0) is 30.3 Å². The molecule has 3 heteroatoms. The van der Waals surface area contributed by atoms with Crippen molar-refractivity contribution < 1.29 is 4.74 Å². The van der Waals surface area contributed by atoms with E-state index in [4.69, 9.17) is 4.74 Å². The van der Waals surface area contributed by atoms with E-state index in [1.807, 2.05) is 0 Å². The van der Waals surface area contributed by atoms with Crippen molar-refractivity contribution in [1.82, 2.24) is 4.90 Å². The van der Waals surface area contributed by atoms with Crippen LogP contribution in [0.3, 0.4) is 0 Å². The molecule has 0 radical (unpaired) electrons. The first-order valence-corrected chi connectivity index (χ1v) is 6.49. The van der Waals surface area contributed by atoms with E-state index >= 15 is 0 Å². The van der Waals surface area contributed by atoms with Gasteiger partial charge in [0.05, 0.1) is 6.61 Å². The lowest BCUT2D eigenvalue weighted by atomic mass is 10.1. The van der Waals surface area contributed by atoms with Crippen LogP contribution in [0.25, 0.3) is 0 Å². The summed E-state index contributed by atoms with van der Waals surface area (Å²) in [6.07, 6.45) is 0. The predicted octanol–water partition coefficient (Wildman–Crippen LogP) is 3.44. The lowest BCUT2D eigenvalue weighted by Crippen LogP contribution is -2.22. The molecule has 2 nitrogen and oxygen atoms in total. The summed E-state index contributed by atoms with van der Waals surface area (Å²) in [6, 6.07) is 6.49. The van der Waals surface area contributed by atoms with Crippen molar-refractivity contribution in [2.24, 2.45) is 0 Å². The zero-order valence-corrected chi connectivity index (χ0v) is 11.9. The summed E-state index contributed by atoms with van der Waals surface area (Å²) in [5, 5.41) is 0. The summed E-state index contributed by atoms with van der Waals surface area (Å²) in [4.78, 5) is 2.40. The molecular formula is C13H20BrNO. The van der Waals surface area contributed by atoms with E-state index in [0.29, 0.717) is 6.61 Å². The fourth-order valence-corrected chi connectivity index (χ4v) is 2.06. The van der Waals surface area contributed by atoms with Crippen molar-refractivity contribution >= 4 is 15.9 Å². The van der Waals surface area contributed by atoms with Gasteiger partial charge in [0.2, 0.25) is 0 Å². The van der Waals surface area contributed by atoms with E-state index in [-0.39, 0.29) is 0 Å². The smallest absolute Gasteiger partial charge is 0.0724 e. The Labute approximate surface area is 107 Å². The quantitative estimate of drug-likeness (QED) is 0.794. The fraction of sp³-hybridized carbons (Fsp3) is 0.538. The third-order valence-electron chi connectivity index (χ3n) is 2.71. The van der Waals surface area contributed by atoms with Gasteiger partial charge < -0.3 is 4.74 Å². The minimum atomic E-state index is 0.659. The van der Waals surface area contributed by atoms with Crippen LogP contribution in [0.15, 0.2) is 22.7 Å².